The molecule has 0 saturated heterocycles. The van der Waals surface area contributed by atoms with E-state index in [2.05, 4.69) is 0 Å². The molecular weight excluding hydrogens is 192 g/mol. The molecule has 1 unspecified atom stereocenters. The van der Waals surface area contributed by atoms with Gasteiger partial charge < -0.3 is 4.55 Å². The minimum atomic E-state index is -3.99. The minimum Gasteiger partial charge on any atom is -0.306 e. The first-order valence-electron chi connectivity index (χ1n) is 2.59. The Morgan fingerprint density at radius 1 is 1.36 bits per heavy atom. The van der Waals surface area contributed by atoms with Crippen LogP contribution in [0, 0.1) is 0 Å². The Labute approximate surface area is 67.2 Å². The highest BCUT2D eigenvalue weighted by atomic mass is 32.2. The van der Waals surface area contributed by atoms with Crippen LogP contribution in [-0.4, -0.2) is 33.2 Å². The van der Waals surface area contributed by atoms with E-state index in [1.54, 1.807) is 0 Å². The van der Waals surface area contributed by atoms with Crippen LogP contribution in [0.5, 0.6) is 0 Å². The van der Waals surface area contributed by atoms with Gasteiger partial charge in [-0.05, 0) is 0 Å². The summed E-state index contributed by atoms with van der Waals surface area (Å²) in [5.74, 6) is -0.653. The number of rotatable bonds is 4. The molecule has 0 amide bonds. The zero-order valence-corrected chi connectivity index (χ0v) is 7.14. The molecule has 0 aliphatic heterocycles. The quantitative estimate of drug-likeness (QED) is 0.368. The van der Waals surface area contributed by atoms with Gasteiger partial charge in [-0.25, -0.2) is 4.21 Å². The van der Waals surface area contributed by atoms with Crippen molar-refractivity contribution in [3.8, 4) is 0 Å². The van der Waals surface area contributed by atoms with Crippen LogP contribution in [0.1, 0.15) is 0 Å². The molecule has 0 aromatic carbocycles. The Kier molecular flexibility index (Phi) is 4.50. The van der Waals surface area contributed by atoms with Gasteiger partial charge in [-0.3, -0.25) is 4.55 Å². The van der Waals surface area contributed by atoms with Crippen LogP contribution in [0.3, 0.4) is 0 Å². The molecule has 1 atom stereocenters. The molecule has 0 heterocycles. The van der Waals surface area contributed by atoms with Crippen molar-refractivity contribution in [2.75, 3.05) is 11.5 Å². The van der Waals surface area contributed by atoms with E-state index >= 15 is 0 Å². The summed E-state index contributed by atoms with van der Waals surface area (Å²) in [4.78, 5) is 0. The second kappa shape index (κ2) is 4.60. The maximum absolute atomic E-state index is 10.0. The molecule has 0 radical (unpaired) electrons. The van der Waals surface area contributed by atoms with Crippen LogP contribution in [0.4, 0.5) is 0 Å². The van der Waals surface area contributed by atoms with Gasteiger partial charge in [-0.1, -0.05) is 12.2 Å². The third-order valence-electron chi connectivity index (χ3n) is 0.712. The van der Waals surface area contributed by atoms with Crippen molar-refractivity contribution in [1.82, 2.24) is 0 Å². The maximum atomic E-state index is 10.0. The van der Waals surface area contributed by atoms with Gasteiger partial charge in [0.15, 0.2) is 11.1 Å². The lowest BCUT2D eigenvalue weighted by molar-refractivity contribution is 0.486. The van der Waals surface area contributed by atoms with Crippen molar-refractivity contribution < 1.29 is 21.7 Å². The summed E-state index contributed by atoms with van der Waals surface area (Å²) >= 11 is -1.96. The lowest BCUT2D eigenvalue weighted by Gasteiger charge is -1.87. The Balaban J connectivity index is 3.71. The van der Waals surface area contributed by atoms with Crippen LogP contribution in [-0.2, 0) is 21.2 Å². The SMILES string of the molecule is O=S(O)C/C=C\CS(=O)(=O)O. The fraction of sp³-hybridized carbons (Fsp3) is 0.500. The number of hydrogen-bond acceptors (Lipinski definition) is 3. The molecule has 0 bridgehead atoms. The van der Waals surface area contributed by atoms with E-state index in [1.807, 2.05) is 0 Å². The Morgan fingerprint density at radius 2 is 1.91 bits per heavy atom. The average molecular weight is 200 g/mol. The first kappa shape index (κ1) is 10.8. The van der Waals surface area contributed by atoms with Crippen molar-refractivity contribution >= 4 is 21.2 Å². The summed E-state index contributed by atoms with van der Waals surface area (Å²) in [6.07, 6.45) is 2.33. The molecule has 0 aliphatic carbocycles. The topological polar surface area (TPSA) is 91.7 Å². The van der Waals surface area contributed by atoms with Crippen molar-refractivity contribution in [2.45, 2.75) is 0 Å². The molecule has 0 saturated carbocycles. The summed E-state index contributed by atoms with van der Waals surface area (Å²) < 4.78 is 46.4. The van der Waals surface area contributed by atoms with E-state index in [4.69, 9.17) is 9.11 Å². The molecule has 5 nitrogen and oxygen atoms in total. The molecule has 0 fully saturated rings. The lowest BCUT2D eigenvalue weighted by Crippen LogP contribution is -2.01. The molecule has 0 aromatic rings. The van der Waals surface area contributed by atoms with E-state index in [9.17, 15) is 12.6 Å². The van der Waals surface area contributed by atoms with Crippen LogP contribution < -0.4 is 0 Å². The van der Waals surface area contributed by atoms with Crippen molar-refractivity contribution in [3.63, 3.8) is 0 Å². The summed E-state index contributed by atoms with van der Waals surface area (Å²) in [6, 6.07) is 0. The van der Waals surface area contributed by atoms with Gasteiger partial charge in [0.1, 0.15) is 0 Å². The van der Waals surface area contributed by atoms with E-state index in [0.29, 0.717) is 0 Å². The zero-order chi connectivity index (χ0) is 8.91. The Hall–Kier alpha value is -0.240. The van der Waals surface area contributed by atoms with Crippen molar-refractivity contribution in [3.05, 3.63) is 12.2 Å². The van der Waals surface area contributed by atoms with Crippen LogP contribution in [0.2, 0.25) is 0 Å². The first-order chi connectivity index (χ1) is 4.92. The molecule has 0 aromatic heterocycles. The molecule has 0 rings (SSSR count). The molecule has 2 N–H and O–H groups in total. The van der Waals surface area contributed by atoms with Crippen molar-refractivity contribution in [2.24, 2.45) is 0 Å². The second-order valence-corrected chi connectivity index (χ2v) is 4.18. The highest BCUT2D eigenvalue weighted by Gasteiger charge is 1.98. The zero-order valence-electron chi connectivity index (χ0n) is 5.50. The van der Waals surface area contributed by atoms with E-state index in [1.165, 1.54) is 6.08 Å². The van der Waals surface area contributed by atoms with Gasteiger partial charge in [0.05, 0.1) is 11.5 Å². The van der Waals surface area contributed by atoms with Gasteiger partial charge >= 0.3 is 0 Å². The lowest BCUT2D eigenvalue weighted by atomic mass is 10.6. The summed E-state index contributed by atoms with van der Waals surface area (Å²) in [5, 5.41) is 0. The van der Waals surface area contributed by atoms with Gasteiger partial charge in [0, 0.05) is 0 Å². The summed E-state index contributed by atoms with van der Waals surface area (Å²) in [6.45, 7) is 0. The fourth-order valence-corrected chi connectivity index (χ4v) is 1.02. The van der Waals surface area contributed by atoms with Gasteiger partial charge in [0.2, 0.25) is 0 Å². The van der Waals surface area contributed by atoms with E-state index < -0.39 is 27.0 Å². The van der Waals surface area contributed by atoms with Crippen LogP contribution in [0.25, 0.3) is 0 Å². The minimum absolute atomic E-state index is 0.129. The predicted octanol–water partition coefficient (Wildman–Crippen LogP) is -0.348. The molecule has 0 spiro atoms. The van der Waals surface area contributed by atoms with Gasteiger partial charge in [0.25, 0.3) is 10.1 Å². The van der Waals surface area contributed by atoms with Crippen LogP contribution in [0.15, 0.2) is 12.2 Å². The third kappa shape index (κ3) is 9.76. The third-order valence-corrected chi connectivity index (χ3v) is 1.80. The highest BCUT2D eigenvalue weighted by molar-refractivity contribution is 7.85. The molecule has 11 heavy (non-hydrogen) atoms. The monoisotopic (exact) mass is 200 g/mol. The molecule has 66 valence electrons. The second-order valence-electron chi connectivity index (χ2n) is 1.71. The predicted molar refractivity (Wildman–Crippen MR) is 41.2 cm³/mol. The summed E-state index contributed by atoms with van der Waals surface area (Å²) in [7, 11) is -3.99. The standard InChI is InChI=1S/C4H8O5S2/c5-10(6)3-1-2-4-11(7,8)9/h1-2H,3-4H2,(H,5,6)(H,7,8,9)/b2-1-. The van der Waals surface area contributed by atoms with Gasteiger partial charge in [-0.15, -0.1) is 0 Å². The van der Waals surface area contributed by atoms with Crippen LogP contribution >= 0.6 is 0 Å². The Morgan fingerprint density at radius 3 is 2.27 bits per heavy atom. The first-order valence-corrected chi connectivity index (χ1v) is 5.48. The fourth-order valence-electron chi connectivity index (χ4n) is 0.340. The van der Waals surface area contributed by atoms with Gasteiger partial charge in [-0.2, -0.15) is 8.42 Å². The summed E-state index contributed by atoms with van der Waals surface area (Å²) in [5.41, 5.74) is 0. The normalized spacial score (nSPS) is 15.5. The molecule has 0 aliphatic rings. The maximum Gasteiger partial charge on any atom is 0.268 e. The van der Waals surface area contributed by atoms with E-state index in [-0.39, 0.29) is 5.75 Å². The average Bonchev–Trinajstić information content (AvgIpc) is 1.78. The van der Waals surface area contributed by atoms with Crippen molar-refractivity contribution in [1.29, 1.82) is 0 Å². The van der Waals surface area contributed by atoms with E-state index in [0.717, 1.165) is 6.08 Å². The highest BCUT2D eigenvalue weighted by Crippen LogP contribution is 1.84. The molecule has 7 heteroatoms. The Bertz CT molecular complexity index is 252. The molecular formula is C4H8O5S2. The smallest absolute Gasteiger partial charge is 0.268 e. The largest absolute Gasteiger partial charge is 0.306 e. The number of hydrogen-bond donors (Lipinski definition) is 2.